The molecule has 0 saturated carbocycles. The number of aryl methyl sites for hydroxylation is 3. The third-order valence-corrected chi connectivity index (χ3v) is 3.82. The molecular formula is C14H18N4S. The number of rotatable bonds is 3. The summed E-state index contributed by atoms with van der Waals surface area (Å²) in [7, 11) is 0. The fourth-order valence-corrected chi connectivity index (χ4v) is 2.71. The van der Waals surface area contributed by atoms with Crippen LogP contribution in [-0.4, -0.2) is 15.0 Å². The number of pyridine rings is 1. The van der Waals surface area contributed by atoms with Crippen molar-refractivity contribution in [3.63, 3.8) is 0 Å². The van der Waals surface area contributed by atoms with Crippen LogP contribution in [0, 0.1) is 27.7 Å². The van der Waals surface area contributed by atoms with Crippen LogP contribution in [0.25, 0.3) is 0 Å². The van der Waals surface area contributed by atoms with Crippen LogP contribution in [0.4, 0.5) is 0 Å². The van der Waals surface area contributed by atoms with Crippen molar-refractivity contribution in [2.75, 3.05) is 0 Å². The molecule has 2 aromatic heterocycles. The van der Waals surface area contributed by atoms with Gasteiger partial charge in [-0.25, -0.2) is 15.0 Å². The molecular weight excluding hydrogens is 256 g/mol. The smallest absolute Gasteiger partial charge is 0.194 e. The summed E-state index contributed by atoms with van der Waals surface area (Å²) in [6, 6.07) is 3.99. The predicted octanol–water partition coefficient (Wildman–Crippen LogP) is 2.72. The number of nitrogens with zero attached hydrogens (tertiary/aromatic N) is 3. The van der Waals surface area contributed by atoms with E-state index >= 15 is 0 Å². The van der Waals surface area contributed by atoms with E-state index in [2.05, 4.69) is 15.0 Å². The van der Waals surface area contributed by atoms with E-state index in [0.717, 1.165) is 38.4 Å². The van der Waals surface area contributed by atoms with Gasteiger partial charge in [0.05, 0.1) is 0 Å². The van der Waals surface area contributed by atoms with E-state index in [1.54, 1.807) is 0 Å². The molecule has 0 radical (unpaired) electrons. The average molecular weight is 274 g/mol. The van der Waals surface area contributed by atoms with Crippen molar-refractivity contribution in [1.82, 2.24) is 15.0 Å². The molecule has 0 bridgehead atoms. The second-order valence-corrected chi connectivity index (χ2v) is 5.55. The van der Waals surface area contributed by atoms with Crippen molar-refractivity contribution in [3.8, 4) is 0 Å². The van der Waals surface area contributed by atoms with Crippen LogP contribution in [-0.2, 0) is 6.54 Å². The Morgan fingerprint density at radius 1 is 1.00 bits per heavy atom. The molecule has 0 saturated heterocycles. The zero-order valence-electron chi connectivity index (χ0n) is 11.7. The minimum Gasteiger partial charge on any atom is -0.326 e. The van der Waals surface area contributed by atoms with Crippen molar-refractivity contribution in [1.29, 1.82) is 0 Å². The van der Waals surface area contributed by atoms with E-state index in [1.807, 2.05) is 39.8 Å². The van der Waals surface area contributed by atoms with Crippen LogP contribution in [0.3, 0.4) is 0 Å². The van der Waals surface area contributed by atoms with Gasteiger partial charge in [0.2, 0.25) is 0 Å². The molecule has 5 heteroatoms. The van der Waals surface area contributed by atoms with Gasteiger partial charge in [-0.2, -0.15) is 0 Å². The molecule has 0 spiro atoms. The number of aromatic nitrogens is 3. The summed E-state index contributed by atoms with van der Waals surface area (Å²) in [6.45, 7) is 8.53. The van der Waals surface area contributed by atoms with Crippen LogP contribution < -0.4 is 5.73 Å². The van der Waals surface area contributed by atoms with Gasteiger partial charge in [0.15, 0.2) is 5.16 Å². The van der Waals surface area contributed by atoms with Crippen molar-refractivity contribution >= 4 is 11.8 Å². The summed E-state index contributed by atoms with van der Waals surface area (Å²) in [5.41, 5.74) is 10.9. The van der Waals surface area contributed by atoms with Crippen LogP contribution in [0.1, 0.15) is 28.2 Å². The molecule has 4 nitrogen and oxygen atoms in total. The van der Waals surface area contributed by atoms with Gasteiger partial charge in [-0.05, 0) is 62.7 Å². The van der Waals surface area contributed by atoms with Crippen molar-refractivity contribution in [3.05, 3.63) is 40.3 Å². The number of hydrogen-bond donors (Lipinski definition) is 1. The van der Waals surface area contributed by atoms with Crippen molar-refractivity contribution < 1.29 is 0 Å². The summed E-state index contributed by atoms with van der Waals surface area (Å²) in [6.07, 6.45) is 0. The maximum absolute atomic E-state index is 5.68. The van der Waals surface area contributed by atoms with E-state index in [-0.39, 0.29) is 0 Å². The molecule has 2 rings (SSSR count). The molecule has 100 valence electrons. The molecule has 0 atom stereocenters. The van der Waals surface area contributed by atoms with E-state index < -0.39 is 0 Å². The topological polar surface area (TPSA) is 64.7 Å². The molecule has 0 fully saturated rings. The maximum atomic E-state index is 5.68. The molecule has 0 aliphatic rings. The molecule has 0 aromatic carbocycles. The Morgan fingerprint density at radius 3 is 2.21 bits per heavy atom. The highest BCUT2D eigenvalue weighted by molar-refractivity contribution is 7.99. The van der Waals surface area contributed by atoms with Gasteiger partial charge in [0, 0.05) is 23.6 Å². The van der Waals surface area contributed by atoms with Gasteiger partial charge in [0.25, 0.3) is 0 Å². The predicted molar refractivity (Wildman–Crippen MR) is 77.2 cm³/mol. The minimum atomic E-state index is 0.518. The third-order valence-electron chi connectivity index (χ3n) is 3.03. The standard InChI is InChI=1S/C14H18N4S/c1-8-5-12(7-15)6-13(16-8)19-14-17-10(3)9(2)11(4)18-14/h5-6H,7,15H2,1-4H3. The van der Waals surface area contributed by atoms with Crippen molar-refractivity contribution in [2.24, 2.45) is 5.73 Å². The quantitative estimate of drug-likeness (QED) is 0.872. The van der Waals surface area contributed by atoms with Crippen LogP contribution >= 0.6 is 11.8 Å². The van der Waals surface area contributed by atoms with Crippen LogP contribution in [0.5, 0.6) is 0 Å². The lowest BCUT2D eigenvalue weighted by molar-refractivity contribution is 0.876. The lowest BCUT2D eigenvalue weighted by Crippen LogP contribution is -2.00. The molecule has 2 N–H and O–H groups in total. The third kappa shape index (κ3) is 3.30. The van der Waals surface area contributed by atoms with Gasteiger partial charge in [-0.1, -0.05) is 0 Å². The lowest BCUT2D eigenvalue weighted by Gasteiger charge is -2.07. The molecule has 2 heterocycles. The Morgan fingerprint density at radius 2 is 1.63 bits per heavy atom. The summed E-state index contributed by atoms with van der Waals surface area (Å²) in [5, 5.41) is 1.63. The fraction of sp³-hybridized carbons (Fsp3) is 0.357. The van der Waals surface area contributed by atoms with Crippen LogP contribution in [0.15, 0.2) is 22.3 Å². The first-order chi connectivity index (χ1) is 8.99. The first kappa shape index (κ1) is 14.0. The Balaban J connectivity index is 2.33. The monoisotopic (exact) mass is 274 g/mol. The summed E-state index contributed by atoms with van der Waals surface area (Å²) in [5.74, 6) is 0. The van der Waals surface area contributed by atoms with Crippen LogP contribution in [0.2, 0.25) is 0 Å². The lowest BCUT2D eigenvalue weighted by atomic mass is 10.2. The Bertz CT molecular complexity index is 587. The van der Waals surface area contributed by atoms with Gasteiger partial charge in [0.1, 0.15) is 5.03 Å². The normalized spacial score (nSPS) is 10.8. The molecule has 0 amide bonds. The summed E-state index contributed by atoms with van der Waals surface area (Å²) >= 11 is 1.48. The van der Waals surface area contributed by atoms with Gasteiger partial charge >= 0.3 is 0 Å². The zero-order valence-corrected chi connectivity index (χ0v) is 12.5. The second kappa shape index (κ2) is 5.67. The SMILES string of the molecule is Cc1cc(CN)cc(Sc2nc(C)c(C)c(C)n2)n1. The highest BCUT2D eigenvalue weighted by Gasteiger charge is 2.08. The Hall–Kier alpha value is -1.46. The first-order valence-corrected chi connectivity index (χ1v) is 6.98. The average Bonchev–Trinajstić information content (AvgIpc) is 2.35. The first-order valence-electron chi connectivity index (χ1n) is 6.17. The van der Waals surface area contributed by atoms with Gasteiger partial charge in [-0.3, -0.25) is 0 Å². The maximum Gasteiger partial charge on any atom is 0.194 e. The van der Waals surface area contributed by atoms with Gasteiger partial charge in [-0.15, -0.1) is 0 Å². The zero-order chi connectivity index (χ0) is 14.0. The highest BCUT2D eigenvalue weighted by atomic mass is 32.2. The molecule has 2 aromatic rings. The largest absolute Gasteiger partial charge is 0.326 e. The molecule has 0 unspecified atom stereocenters. The number of hydrogen-bond acceptors (Lipinski definition) is 5. The van der Waals surface area contributed by atoms with E-state index in [4.69, 9.17) is 5.73 Å². The summed E-state index contributed by atoms with van der Waals surface area (Å²) < 4.78 is 0. The van der Waals surface area contributed by atoms with Gasteiger partial charge < -0.3 is 5.73 Å². The van der Waals surface area contributed by atoms with E-state index in [9.17, 15) is 0 Å². The number of nitrogens with two attached hydrogens (primary N) is 1. The molecule has 19 heavy (non-hydrogen) atoms. The molecule has 0 aliphatic heterocycles. The van der Waals surface area contributed by atoms with E-state index in [0.29, 0.717) is 6.54 Å². The van der Waals surface area contributed by atoms with Crippen molar-refractivity contribution in [2.45, 2.75) is 44.4 Å². The summed E-state index contributed by atoms with van der Waals surface area (Å²) in [4.78, 5) is 13.5. The Labute approximate surface area is 117 Å². The van der Waals surface area contributed by atoms with E-state index in [1.165, 1.54) is 11.8 Å². The minimum absolute atomic E-state index is 0.518. The highest BCUT2D eigenvalue weighted by Crippen LogP contribution is 2.25. The second-order valence-electron chi connectivity index (χ2n) is 4.56. The molecule has 0 aliphatic carbocycles. The Kier molecular flexibility index (Phi) is 4.17. The fourth-order valence-electron chi connectivity index (χ4n) is 1.76.